The molecule has 0 aromatic heterocycles. The zero-order valence-electron chi connectivity index (χ0n) is 16.1. The quantitative estimate of drug-likeness (QED) is 0.208. The first kappa shape index (κ1) is 47.5. The van der Waals surface area contributed by atoms with Crippen LogP contribution in [0.4, 0.5) is 0 Å². The van der Waals surface area contributed by atoms with E-state index in [1.165, 1.54) is 0 Å². The summed E-state index contributed by atoms with van der Waals surface area (Å²) in [5.74, 6) is -3.86. The number of hydrogen-bond donors (Lipinski definition) is 0. The molecule has 6 bridgehead atoms. The van der Waals surface area contributed by atoms with Crippen molar-refractivity contribution in [2.24, 2.45) is 0 Å². The zero-order chi connectivity index (χ0) is 15.3. The molecule has 5 saturated heterocycles. The molecule has 5 heterocycles. The molecule has 16 N–H and O–H groups in total. The Bertz CT molecular complexity index is 564. The Morgan fingerprint density at radius 1 is 0.406 bits per heavy atom. The average molecular weight is 758 g/mol. The van der Waals surface area contributed by atoms with Crippen LogP contribution >= 0.6 is 0 Å². The summed E-state index contributed by atoms with van der Waals surface area (Å²) in [5, 5.41) is 0. The average Bonchev–Trinajstić information content (AvgIpc) is 3.09. The molecule has 5 fully saturated rings. The smallest absolute Gasteiger partial charge is 0 e. The Hall–Kier alpha value is 2.31. The molecule has 0 aromatic carbocycles. The van der Waals surface area contributed by atoms with Crippen LogP contribution in [0.3, 0.4) is 0 Å². The number of carbonyl (C=O) groups excluding carboxylic acids is 4. The molecule has 20 nitrogen and oxygen atoms in total. The van der Waals surface area contributed by atoms with Crippen molar-refractivity contribution in [2.45, 2.75) is 24.4 Å². The van der Waals surface area contributed by atoms with E-state index < -0.39 is 89.3 Å². The molecular formula is C8H20K2O20Sb2. The van der Waals surface area contributed by atoms with Crippen molar-refractivity contribution in [2.75, 3.05) is 0 Å². The molecule has 5 aliphatic rings. The number of carbonyl (C=O) groups is 4. The summed E-state index contributed by atoms with van der Waals surface area (Å²) in [6.45, 7) is 0. The molecule has 2 spiro atoms. The molecule has 184 valence electrons. The summed E-state index contributed by atoms with van der Waals surface area (Å²) in [6.07, 6.45) is -6.06. The van der Waals surface area contributed by atoms with Gasteiger partial charge in [0, 0.05) is 103 Å². The van der Waals surface area contributed by atoms with E-state index in [0.717, 1.165) is 0 Å². The maximum absolute atomic E-state index is 11.9. The first-order valence-electron chi connectivity index (χ1n) is 5.86. The van der Waals surface area contributed by atoms with E-state index in [1.54, 1.807) is 0 Å². The number of fused-ring (bicyclic) bond motifs is 6. The molecule has 32 heavy (non-hydrogen) atoms. The van der Waals surface area contributed by atoms with E-state index in [0.29, 0.717) is 0 Å². The normalized spacial score (nSPS) is 35.2. The van der Waals surface area contributed by atoms with Crippen molar-refractivity contribution in [3.8, 4) is 0 Å². The first-order chi connectivity index (χ1) is 10.4. The van der Waals surface area contributed by atoms with Crippen molar-refractivity contribution in [3.05, 3.63) is 0 Å². The van der Waals surface area contributed by atoms with Gasteiger partial charge in [0.1, 0.15) is 0 Å². The number of hydrogen-bond acceptors (Lipinski definition) is 12. The van der Waals surface area contributed by atoms with Gasteiger partial charge in [-0.05, 0) is 0 Å². The van der Waals surface area contributed by atoms with Crippen molar-refractivity contribution in [1.82, 2.24) is 0 Å². The molecular weight excluding hydrogens is 738 g/mol. The topological polar surface area (TPSA) is 394 Å². The standard InChI is InChI=1S/2C4H4O6.2K.8H2O.2Sb/c2*5-1(3(7)8)2(6)4(9)10;;;;;;;;;;;;/h2*1-2H,(H,7,8)(H,9,10);;;8*1H2;;/q2*-2;;;;;;;;;;;2*+4/p-4. The van der Waals surface area contributed by atoms with Crippen LogP contribution in [-0.4, -0.2) is 236 Å². The van der Waals surface area contributed by atoms with Gasteiger partial charge >= 0.3 is 133 Å². The molecule has 4 radical (unpaired) electrons. The Morgan fingerprint density at radius 3 is 0.719 bits per heavy atom. The van der Waals surface area contributed by atoms with Crippen molar-refractivity contribution < 1.29 is 87.1 Å². The summed E-state index contributed by atoms with van der Waals surface area (Å²) >= 11 is -9.74. The van der Waals surface area contributed by atoms with Gasteiger partial charge in [-0.15, -0.1) is 0 Å². The molecule has 5 rings (SSSR count). The molecule has 5 aliphatic heterocycles. The second-order valence-electron chi connectivity index (χ2n) is 4.64. The molecule has 24 heteroatoms. The summed E-state index contributed by atoms with van der Waals surface area (Å²) < 4.78 is 41.0. The van der Waals surface area contributed by atoms with E-state index in [9.17, 15) is 19.2 Å². The van der Waals surface area contributed by atoms with Crippen LogP contribution in [0.5, 0.6) is 0 Å². The summed E-state index contributed by atoms with van der Waals surface area (Å²) in [6, 6.07) is 0. The third-order valence-corrected chi connectivity index (χ3v) is 13.4. The third-order valence-electron chi connectivity index (χ3n) is 3.26. The minimum absolute atomic E-state index is 0. The van der Waals surface area contributed by atoms with Crippen LogP contribution in [-0.2, 0) is 43.3 Å². The molecule has 0 aliphatic carbocycles. The van der Waals surface area contributed by atoms with E-state index in [-0.39, 0.29) is 147 Å². The fourth-order valence-corrected chi connectivity index (χ4v) is 13.0. The molecule has 4 atom stereocenters. The first-order valence-corrected chi connectivity index (χ1v) is 14.2. The Morgan fingerprint density at radius 2 is 0.562 bits per heavy atom. The molecule has 0 aromatic rings. The second kappa shape index (κ2) is 16.2. The van der Waals surface area contributed by atoms with Gasteiger partial charge in [0.2, 0.25) is 0 Å². The maximum atomic E-state index is 11.9. The maximum Gasteiger partial charge on any atom is 0 e. The fourth-order valence-electron chi connectivity index (χ4n) is 2.35. The van der Waals surface area contributed by atoms with Crippen molar-refractivity contribution >= 4 is 168 Å². The van der Waals surface area contributed by atoms with Gasteiger partial charge in [-0.2, -0.15) is 0 Å². The van der Waals surface area contributed by atoms with Gasteiger partial charge in [0.15, 0.2) is 0 Å². The largest absolute Gasteiger partial charge is 0 e. The number of rotatable bonds is 0. The Labute approximate surface area is 274 Å². The molecule has 0 saturated carbocycles. The van der Waals surface area contributed by atoms with Crippen LogP contribution in [0.1, 0.15) is 0 Å². The fraction of sp³-hybridized carbons (Fsp3) is 0.500. The Kier molecular flexibility index (Phi) is 24.1. The van der Waals surface area contributed by atoms with E-state index in [2.05, 4.69) is 0 Å². The SMILES string of the molecule is O.O.O.O.O.O.O.O.O=C1[O][Sb]23[O]C(=O)C([O]2)C2[O][Sb]4([O]C(=O)C([O]4)C1[O]3)[O]C2=O.[K].[K]. The zero-order valence-corrected chi connectivity index (χ0v) is 27.5. The Balaban J connectivity index is -0.000000169. The van der Waals surface area contributed by atoms with Crippen LogP contribution < -0.4 is 0 Å². The predicted octanol–water partition coefficient (Wildman–Crippen LogP) is -10.7. The molecule has 0 amide bonds. The predicted molar refractivity (Wildman–Crippen MR) is 95.8 cm³/mol. The van der Waals surface area contributed by atoms with Crippen LogP contribution in [0.15, 0.2) is 0 Å². The van der Waals surface area contributed by atoms with E-state index in [4.69, 9.17) is 24.1 Å². The van der Waals surface area contributed by atoms with Gasteiger partial charge in [-0.1, -0.05) is 0 Å². The van der Waals surface area contributed by atoms with Gasteiger partial charge < -0.3 is 43.8 Å². The third kappa shape index (κ3) is 7.20. The monoisotopic (exact) mass is 756 g/mol. The van der Waals surface area contributed by atoms with E-state index in [1.807, 2.05) is 0 Å². The van der Waals surface area contributed by atoms with Gasteiger partial charge in [-0.3, -0.25) is 0 Å². The van der Waals surface area contributed by atoms with Gasteiger partial charge in [-0.25, -0.2) is 0 Å². The summed E-state index contributed by atoms with van der Waals surface area (Å²) in [7, 11) is 0. The van der Waals surface area contributed by atoms with Crippen LogP contribution in [0.25, 0.3) is 0 Å². The minimum Gasteiger partial charge on any atom is 0 e. The summed E-state index contributed by atoms with van der Waals surface area (Å²) in [4.78, 5) is 47.6. The van der Waals surface area contributed by atoms with Gasteiger partial charge in [0.05, 0.1) is 0 Å². The summed E-state index contributed by atoms with van der Waals surface area (Å²) in [5.41, 5.74) is 0. The minimum atomic E-state index is -4.87. The van der Waals surface area contributed by atoms with E-state index >= 15 is 0 Å². The van der Waals surface area contributed by atoms with Crippen LogP contribution in [0.2, 0.25) is 0 Å². The second-order valence-corrected chi connectivity index (χ2v) is 14.2. The van der Waals surface area contributed by atoms with Gasteiger partial charge in [0.25, 0.3) is 0 Å². The van der Waals surface area contributed by atoms with Crippen molar-refractivity contribution in [3.63, 3.8) is 0 Å². The van der Waals surface area contributed by atoms with Crippen molar-refractivity contribution in [1.29, 1.82) is 0 Å². The molecule has 4 unspecified atom stereocenters. The van der Waals surface area contributed by atoms with Crippen LogP contribution in [0, 0.1) is 0 Å².